The maximum Gasteiger partial charge on any atom is 0.201 e. The van der Waals surface area contributed by atoms with Gasteiger partial charge in [-0.1, -0.05) is 42.5 Å². The molecule has 1 aromatic carbocycles. The molecule has 1 heterocycles. The number of aromatic nitrogens is 2. The Morgan fingerprint density at radius 3 is 2.76 bits per heavy atom. The number of H-pyrrole nitrogens is 1. The van der Waals surface area contributed by atoms with Crippen LogP contribution in [0.3, 0.4) is 0 Å². The molecule has 0 aliphatic rings. The van der Waals surface area contributed by atoms with Gasteiger partial charge >= 0.3 is 0 Å². The first-order valence-electron chi connectivity index (χ1n) is 5.00. The normalized spacial score (nSPS) is 9.88. The zero-order valence-corrected chi connectivity index (χ0v) is 9.70. The molecule has 0 saturated heterocycles. The van der Waals surface area contributed by atoms with Crippen LogP contribution in [0.1, 0.15) is 5.56 Å². The molecule has 2 N–H and O–H groups in total. The third kappa shape index (κ3) is 2.94. The van der Waals surface area contributed by atoms with Gasteiger partial charge in [-0.15, -0.1) is 4.91 Å². The third-order valence-electron chi connectivity index (χ3n) is 2.18. The number of nitrogens with one attached hydrogen (secondary N) is 2. The minimum Gasteiger partial charge on any atom is -0.352 e. The van der Waals surface area contributed by atoms with Crippen molar-refractivity contribution in [2.24, 2.45) is 5.18 Å². The maximum absolute atomic E-state index is 10.3. The molecule has 0 aliphatic heterocycles. The van der Waals surface area contributed by atoms with Crippen molar-refractivity contribution in [1.29, 1.82) is 0 Å². The first-order chi connectivity index (χ1) is 8.29. The van der Waals surface area contributed by atoms with Crippen LogP contribution in [0.5, 0.6) is 0 Å². The molecule has 2 aromatic rings. The van der Waals surface area contributed by atoms with E-state index in [1.54, 1.807) is 0 Å². The molecule has 86 valence electrons. The Labute approximate surface area is 103 Å². The summed E-state index contributed by atoms with van der Waals surface area (Å²) in [4.78, 5) is 17.1. The molecule has 6 heteroatoms. The Morgan fingerprint density at radius 1 is 1.35 bits per heavy atom. The number of nitroso groups, excluding NO2 is 1. The Bertz CT molecular complexity index is 567. The average molecular weight is 246 g/mol. The maximum atomic E-state index is 10.3. The minimum atomic E-state index is 0.144. The van der Waals surface area contributed by atoms with Crippen LogP contribution >= 0.6 is 12.2 Å². The molecule has 17 heavy (non-hydrogen) atoms. The number of benzene rings is 1. The van der Waals surface area contributed by atoms with Crippen molar-refractivity contribution in [1.82, 2.24) is 9.97 Å². The molecular formula is C11H10N4OS. The minimum absolute atomic E-state index is 0.144. The number of hydrogen-bond donors (Lipinski definition) is 2. The zero-order valence-electron chi connectivity index (χ0n) is 8.88. The molecule has 0 amide bonds. The summed E-state index contributed by atoms with van der Waals surface area (Å²) in [5.41, 5.74) is 1.27. The lowest BCUT2D eigenvalue weighted by Crippen LogP contribution is -2.03. The van der Waals surface area contributed by atoms with Gasteiger partial charge in [-0.2, -0.15) is 0 Å². The molecule has 5 nitrogen and oxygen atoms in total. The highest BCUT2D eigenvalue weighted by molar-refractivity contribution is 7.71. The number of hydrogen-bond acceptors (Lipinski definition) is 5. The van der Waals surface area contributed by atoms with Gasteiger partial charge in [0.15, 0.2) is 5.69 Å². The lowest BCUT2D eigenvalue weighted by molar-refractivity contribution is 1.04. The van der Waals surface area contributed by atoms with E-state index in [1.165, 1.54) is 6.20 Å². The van der Waals surface area contributed by atoms with Crippen LogP contribution in [0, 0.1) is 9.55 Å². The van der Waals surface area contributed by atoms with Crippen LogP contribution in [0.4, 0.5) is 11.6 Å². The van der Waals surface area contributed by atoms with E-state index in [0.29, 0.717) is 12.5 Å². The monoisotopic (exact) mass is 246 g/mol. The van der Waals surface area contributed by atoms with Crippen molar-refractivity contribution in [3.63, 3.8) is 0 Å². The highest BCUT2D eigenvalue weighted by Crippen LogP contribution is 2.12. The predicted octanol–water partition coefficient (Wildman–Crippen LogP) is 3.15. The van der Waals surface area contributed by atoms with Crippen molar-refractivity contribution in [3.05, 3.63) is 51.6 Å². The van der Waals surface area contributed by atoms with E-state index in [0.717, 1.165) is 5.56 Å². The highest BCUT2D eigenvalue weighted by Gasteiger charge is 1.99. The van der Waals surface area contributed by atoms with Gasteiger partial charge in [-0.3, -0.25) is 0 Å². The van der Waals surface area contributed by atoms with Crippen molar-refractivity contribution in [2.45, 2.75) is 6.54 Å². The van der Waals surface area contributed by atoms with E-state index < -0.39 is 0 Å². The first-order valence-corrected chi connectivity index (χ1v) is 5.41. The molecule has 0 radical (unpaired) electrons. The van der Waals surface area contributed by atoms with Gasteiger partial charge in [0, 0.05) is 6.54 Å². The van der Waals surface area contributed by atoms with E-state index in [4.69, 9.17) is 12.2 Å². The van der Waals surface area contributed by atoms with Crippen LogP contribution in [-0.2, 0) is 6.54 Å². The van der Waals surface area contributed by atoms with Crippen molar-refractivity contribution >= 4 is 23.9 Å². The van der Waals surface area contributed by atoms with Crippen molar-refractivity contribution in [2.75, 3.05) is 5.32 Å². The van der Waals surface area contributed by atoms with E-state index in [1.807, 2.05) is 30.3 Å². The second-order valence-corrected chi connectivity index (χ2v) is 3.78. The molecule has 0 saturated carbocycles. The fourth-order valence-electron chi connectivity index (χ4n) is 1.32. The van der Waals surface area contributed by atoms with Crippen LogP contribution in [0.25, 0.3) is 0 Å². The van der Waals surface area contributed by atoms with Gasteiger partial charge in [0.25, 0.3) is 0 Å². The Hall–Kier alpha value is -2.08. The lowest BCUT2D eigenvalue weighted by atomic mass is 10.2. The summed E-state index contributed by atoms with van der Waals surface area (Å²) in [7, 11) is 0. The predicted molar refractivity (Wildman–Crippen MR) is 68.6 cm³/mol. The molecule has 0 atom stereocenters. The quantitative estimate of drug-likeness (QED) is 0.642. The summed E-state index contributed by atoms with van der Waals surface area (Å²) in [6.45, 7) is 0.632. The SMILES string of the molecule is O=Nc1cnc(NCc2ccccc2)[nH]c1=S. The van der Waals surface area contributed by atoms with Crippen molar-refractivity contribution < 1.29 is 0 Å². The molecule has 0 spiro atoms. The van der Waals surface area contributed by atoms with Gasteiger partial charge < -0.3 is 10.3 Å². The zero-order chi connectivity index (χ0) is 12.1. The summed E-state index contributed by atoms with van der Waals surface area (Å²) < 4.78 is 0.283. The van der Waals surface area contributed by atoms with E-state index >= 15 is 0 Å². The molecule has 2 rings (SSSR count). The number of aromatic amines is 1. The number of anilines is 1. The van der Waals surface area contributed by atoms with Gasteiger partial charge in [0.1, 0.15) is 4.64 Å². The summed E-state index contributed by atoms with van der Waals surface area (Å²) in [5, 5.41) is 5.83. The third-order valence-corrected chi connectivity index (χ3v) is 2.49. The van der Waals surface area contributed by atoms with E-state index in [9.17, 15) is 4.91 Å². The Balaban J connectivity index is 2.07. The molecule has 0 aliphatic carbocycles. The summed E-state index contributed by atoms with van der Waals surface area (Å²) in [6, 6.07) is 9.89. The second-order valence-electron chi connectivity index (χ2n) is 3.38. The average Bonchev–Trinajstić information content (AvgIpc) is 2.38. The van der Waals surface area contributed by atoms with Crippen LogP contribution in [0.15, 0.2) is 41.7 Å². The standard InChI is InChI=1S/C11H10N4OS/c16-15-9-7-13-11(14-10(9)17)12-6-8-4-2-1-3-5-8/h1-5,7H,6H2,(H2,12,13,14,17). The fraction of sp³-hybridized carbons (Fsp3) is 0.0909. The van der Waals surface area contributed by atoms with E-state index in [2.05, 4.69) is 20.5 Å². The Kier molecular flexibility index (Phi) is 3.56. The fourth-order valence-corrected chi connectivity index (χ4v) is 1.51. The lowest BCUT2D eigenvalue weighted by Gasteiger charge is -2.05. The van der Waals surface area contributed by atoms with Crippen LogP contribution < -0.4 is 5.32 Å². The molecule has 1 aromatic heterocycles. The van der Waals surface area contributed by atoms with Crippen LogP contribution in [-0.4, -0.2) is 9.97 Å². The van der Waals surface area contributed by atoms with Crippen LogP contribution in [0.2, 0.25) is 0 Å². The number of nitrogens with zero attached hydrogens (tertiary/aromatic N) is 2. The van der Waals surface area contributed by atoms with Crippen molar-refractivity contribution in [3.8, 4) is 0 Å². The van der Waals surface area contributed by atoms with E-state index in [-0.39, 0.29) is 10.3 Å². The summed E-state index contributed by atoms with van der Waals surface area (Å²) >= 11 is 4.94. The number of rotatable bonds is 4. The van der Waals surface area contributed by atoms with Gasteiger partial charge in [-0.05, 0) is 10.7 Å². The molecule has 0 unspecified atom stereocenters. The molecular weight excluding hydrogens is 236 g/mol. The summed E-state index contributed by atoms with van der Waals surface area (Å²) in [5.74, 6) is 0.520. The molecule has 0 bridgehead atoms. The van der Waals surface area contributed by atoms with Gasteiger partial charge in [0.05, 0.1) is 6.20 Å². The Morgan fingerprint density at radius 2 is 2.12 bits per heavy atom. The highest BCUT2D eigenvalue weighted by atomic mass is 32.1. The first kappa shape index (κ1) is 11.4. The van der Waals surface area contributed by atoms with Gasteiger partial charge in [-0.25, -0.2) is 4.98 Å². The largest absolute Gasteiger partial charge is 0.352 e. The van der Waals surface area contributed by atoms with Gasteiger partial charge in [0.2, 0.25) is 5.95 Å². The summed E-state index contributed by atoms with van der Waals surface area (Å²) in [6.07, 6.45) is 1.35. The smallest absolute Gasteiger partial charge is 0.201 e. The topological polar surface area (TPSA) is 70.1 Å². The second kappa shape index (κ2) is 5.31. The molecule has 0 fully saturated rings.